The molecule has 1 aromatic rings. The van der Waals surface area contributed by atoms with Crippen molar-refractivity contribution in [1.82, 2.24) is 4.98 Å². The van der Waals surface area contributed by atoms with Gasteiger partial charge in [0.25, 0.3) is 0 Å². The fraction of sp³-hybridized carbons (Fsp3) is 0.615. The molecule has 6 heteroatoms. The van der Waals surface area contributed by atoms with E-state index in [4.69, 9.17) is 5.73 Å². The topological polar surface area (TPSA) is 42.1 Å². The molecule has 2 N–H and O–H groups in total. The number of alkyl halides is 3. The Labute approximate surface area is 109 Å². The van der Waals surface area contributed by atoms with Crippen molar-refractivity contribution in [2.24, 2.45) is 17.6 Å². The van der Waals surface area contributed by atoms with E-state index in [1.807, 2.05) is 4.90 Å². The van der Waals surface area contributed by atoms with E-state index in [2.05, 4.69) is 4.98 Å². The number of hydrogen-bond donors (Lipinski definition) is 1. The van der Waals surface area contributed by atoms with Gasteiger partial charge in [-0.3, -0.25) is 0 Å². The van der Waals surface area contributed by atoms with Crippen LogP contribution in [0.2, 0.25) is 0 Å². The number of aromatic nitrogens is 1. The SMILES string of the molecule is N[C@@H]1CN(c2ccc(C(F)(F)F)cn2)C[C@H]1C1CC1. The highest BCUT2D eigenvalue weighted by Crippen LogP contribution is 2.41. The van der Waals surface area contributed by atoms with E-state index in [9.17, 15) is 13.2 Å². The summed E-state index contributed by atoms with van der Waals surface area (Å²) in [6, 6.07) is 2.62. The molecular formula is C13H16F3N3. The van der Waals surface area contributed by atoms with Crippen molar-refractivity contribution >= 4 is 5.82 Å². The molecular weight excluding hydrogens is 255 g/mol. The highest BCUT2D eigenvalue weighted by Gasteiger charge is 2.41. The van der Waals surface area contributed by atoms with E-state index < -0.39 is 11.7 Å². The van der Waals surface area contributed by atoms with Crippen LogP contribution in [0, 0.1) is 11.8 Å². The number of pyridine rings is 1. The molecule has 2 fully saturated rings. The lowest BCUT2D eigenvalue weighted by Crippen LogP contribution is -2.30. The smallest absolute Gasteiger partial charge is 0.355 e. The molecule has 104 valence electrons. The predicted octanol–water partition coefficient (Wildman–Crippen LogP) is 2.27. The minimum Gasteiger partial charge on any atom is -0.355 e. The van der Waals surface area contributed by atoms with Crippen LogP contribution in [0.5, 0.6) is 0 Å². The zero-order valence-corrected chi connectivity index (χ0v) is 10.4. The second-order valence-corrected chi connectivity index (χ2v) is 5.47. The molecule has 0 bridgehead atoms. The van der Waals surface area contributed by atoms with Gasteiger partial charge in [0.2, 0.25) is 0 Å². The van der Waals surface area contributed by atoms with Crippen molar-refractivity contribution in [3.8, 4) is 0 Å². The minimum absolute atomic E-state index is 0.108. The highest BCUT2D eigenvalue weighted by atomic mass is 19.4. The van der Waals surface area contributed by atoms with Crippen molar-refractivity contribution in [3.63, 3.8) is 0 Å². The van der Waals surface area contributed by atoms with Gasteiger partial charge < -0.3 is 10.6 Å². The molecule has 1 aliphatic heterocycles. The fourth-order valence-corrected chi connectivity index (χ4v) is 2.81. The van der Waals surface area contributed by atoms with Gasteiger partial charge >= 0.3 is 6.18 Å². The molecule has 2 heterocycles. The Morgan fingerprint density at radius 2 is 1.95 bits per heavy atom. The number of rotatable bonds is 2. The molecule has 0 spiro atoms. The predicted molar refractivity (Wildman–Crippen MR) is 65.6 cm³/mol. The van der Waals surface area contributed by atoms with Gasteiger partial charge in [-0.15, -0.1) is 0 Å². The van der Waals surface area contributed by atoms with Crippen LogP contribution in [-0.4, -0.2) is 24.1 Å². The van der Waals surface area contributed by atoms with Crippen LogP contribution in [0.3, 0.4) is 0 Å². The lowest BCUT2D eigenvalue weighted by molar-refractivity contribution is -0.137. The summed E-state index contributed by atoms with van der Waals surface area (Å²) in [5.41, 5.74) is 5.39. The van der Waals surface area contributed by atoms with E-state index in [1.165, 1.54) is 18.9 Å². The molecule has 2 aliphatic rings. The number of nitrogens with two attached hydrogens (primary N) is 1. The van der Waals surface area contributed by atoms with Gasteiger partial charge in [0.1, 0.15) is 5.82 Å². The maximum atomic E-state index is 12.5. The lowest BCUT2D eigenvalue weighted by atomic mass is 9.99. The Hall–Kier alpha value is -1.30. The molecule has 0 radical (unpaired) electrons. The van der Waals surface area contributed by atoms with Crippen LogP contribution >= 0.6 is 0 Å². The van der Waals surface area contributed by atoms with E-state index in [1.54, 1.807) is 0 Å². The maximum absolute atomic E-state index is 12.5. The molecule has 2 atom stereocenters. The average Bonchev–Trinajstić information content (AvgIpc) is 3.12. The summed E-state index contributed by atoms with van der Waals surface area (Å²) in [5, 5.41) is 0. The molecule has 1 saturated carbocycles. The van der Waals surface area contributed by atoms with Gasteiger partial charge in [-0.05, 0) is 36.8 Å². The maximum Gasteiger partial charge on any atom is 0.417 e. The standard InChI is InChI=1S/C13H16F3N3/c14-13(15,16)9-3-4-12(18-5-9)19-6-10(8-1-2-8)11(17)7-19/h3-5,8,10-11H,1-2,6-7,17H2/t10-,11+/m0/s1. The van der Waals surface area contributed by atoms with Crippen LogP contribution in [0.4, 0.5) is 19.0 Å². The molecule has 0 aromatic carbocycles. The molecule has 3 nitrogen and oxygen atoms in total. The van der Waals surface area contributed by atoms with Crippen LogP contribution in [0.25, 0.3) is 0 Å². The molecule has 1 aliphatic carbocycles. The zero-order chi connectivity index (χ0) is 13.6. The molecule has 0 amide bonds. The van der Waals surface area contributed by atoms with Crippen LogP contribution < -0.4 is 10.6 Å². The Balaban J connectivity index is 1.73. The Morgan fingerprint density at radius 1 is 1.21 bits per heavy atom. The second-order valence-electron chi connectivity index (χ2n) is 5.47. The van der Waals surface area contributed by atoms with Crippen molar-refractivity contribution < 1.29 is 13.2 Å². The van der Waals surface area contributed by atoms with E-state index >= 15 is 0 Å². The quantitative estimate of drug-likeness (QED) is 0.897. The van der Waals surface area contributed by atoms with Crippen LogP contribution in [0.1, 0.15) is 18.4 Å². The van der Waals surface area contributed by atoms with Gasteiger partial charge in [0.15, 0.2) is 0 Å². The molecule has 0 unspecified atom stereocenters. The van der Waals surface area contributed by atoms with Crippen molar-refractivity contribution in [3.05, 3.63) is 23.9 Å². The third-order valence-electron chi connectivity index (χ3n) is 4.04. The summed E-state index contributed by atoms with van der Waals surface area (Å²) in [6.07, 6.45) is -0.978. The first kappa shape index (κ1) is 12.7. The number of halogens is 3. The summed E-state index contributed by atoms with van der Waals surface area (Å²) >= 11 is 0. The van der Waals surface area contributed by atoms with Crippen molar-refractivity contribution in [1.29, 1.82) is 0 Å². The fourth-order valence-electron chi connectivity index (χ4n) is 2.81. The highest BCUT2D eigenvalue weighted by molar-refractivity contribution is 5.42. The van der Waals surface area contributed by atoms with E-state index in [0.717, 1.165) is 18.8 Å². The van der Waals surface area contributed by atoms with Crippen molar-refractivity contribution in [2.45, 2.75) is 25.1 Å². The second kappa shape index (κ2) is 4.37. The molecule has 1 aromatic heterocycles. The summed E-state index contributed by atoms with van der Waals surface area (Å²) in [4.78, 5) is 5.92. The Morgan fingerprint density at radius 3 is 2.47 bits per heavy atom. The van der Waals surface area contributed by atoms with E-state index in [0.29, 0.717) is 24.2 Å². The first-order valence-corrected chi connectivity index (χ1v) is 6.49. The van der Waals surface area contributed by atoms with E-state index in [-0.39, 0.29) is 6.04 Å². The van der Waals surface area contributed by atoms with Gasteiger partial charge in [0, 0.05) is 25.3 Å². The van der Waals surface area contributed by atoms with Gasteiger partial charge in [0.05, 0.1) is 5.56 Å². The molecule has 19 heavy (non-hydrogen) atoms. The van der Waals surface area contributed by atoms with Crippen LogP contribution in [-0.2, 0) is 6.18 Å². The Bertz CT molecular complexity index is 453. The number of hydrogen-bond acceptors (Lipinski definition) is 3. The third-order valence-corrected chi connectivity index (χ3v) is 4.04. The summed E-state index contributed by atoms with van der Waals surface area (Å²) < 4.78 is 37.4. The zero-order valence-electron chi connectivity index (χ0n) is 10.4. The Kier molecular flexibility index (Phi) is 2.92. The number of anilines is 1. The van der Waals surface area contributed by atoms with Gasteiger partial charge in [-0.2, -0.15) is 13.2 Å². The monoisotopic (exact) mass is 271 g/mol. The average molecular weight is 271 g/mol. The molecule has 1 saturated heterocycles. The first-order valence-electron chi connectivity index (χ1n) is 6.49. The van der Waals surface area contributed by atoms with Gasteiger partial charge in [-0.25, -0.2) is 4.98 Å². The van der Waals surface area contributed by atoms with Gasteiger partial charge in [-0.1, -0.05) is 0 Å². The minimum atomic E-state index is -4.33. The summed E-state index contributed by atoms with van der Waals surface area (Å²) in [5.74, 6) is 1.75. The largest absolute Gasteiger partial charge is 0.417 e. The third kappa shape index (κ3) is 2.54. The summed E-state index contributed by atoms with van der Waals surface area (Å²) in [7, 11) is 0. The first-order chi connectivity index (χ1) is 8.95. The van der Waals surface area contributed by atoms with Crippen molar-refractivity contribution in [2.75, 3.05) is 18.0 Å². The number of nitrogens with zero attached hydrogens (tertiary/aromatic N) is 2. The lowest BCUT2D eigenvalue weighted by Gasteiger charge is -2.17. The molecule has 3 rings (SSSR count). The summed E-state index contributed by atoms with van der Waals surface area (Å²) in [6.45, 7) is 1.49. The van der Waals surface area contributed by atoms with Crippen LogP contribution in [0.15, 0.2) is 18.3 Å². The normalized spacial score (nSPS) is 27.9.